The van der Waals surface area contributed by atoms with Crippen molar-refractivity contribution < 1.29 is 5.11 Å². The van der Waals surface area contributed by atoms with Gasteiger partial charge in [0.05, 0.1) is 6.10 Å². The van der Waals surface area contributed by atoms with Crippen molar-refractivity contribution in [3.63, 3.8) is 0 Å². The van der Waals surface area contributed by atoms with Crippen molar-refractivity contribution in [1.29, 1.82) is 0 Å². The van der Waals surface area contributed by atoms with Crippen molar-refractivity contribution in [1.82, 2.24) is 9.97 Å². The molecule has 0 amide bonds. The highest BCUT2D eigenvalue weighted by Gasteiger charge is 2.09. The predicted octanol–water partition coefficient (Wildman–Crippen LogP) is 1.29. The van der Waals surface area contributed by atoms with Crippen LogP contribution in [0.4, 0.5) is 5.82 Å². The molecule has 0 fully saturated rings. The van der Waals surface area contributed by atoms with Crippen molar-refractivity contribution in [2.45, 2.75) is 18.2 Å². The van der Waals surface area contributed by atoms with Gasteiger partial charge >= 0.3 is 0 Å². The Hall–Kier alpha value is -0.810. The molecule has 1 aromatic rings. The quantitative estimate of drug-likeness (QED) is 0.567. The fourth-order valence-electron chi connectivity index (χ4n) is 0.979. The summed E-state index contributed by atoms with van der Waals surface area (Å²) in [7, 11) is 1.78. The van der Waals surface area contributed by atoms with E-state index < -0.39 is 6.10 Å². The molecule has 13 heavy (non-hydrogen) atoms. The maximum absolute atomic E-state index is 9.37. The van der Waals surface area contributed by atoms with E-state index in [0.29, 0.717) is 11.0 Å². The Kier molecular flexibility index (Phi) is 3.50. The van der Waals surface area contributed by atoms with E-state index in [9.17, 15) is 5.11 Å². The second-order valence-electron chi connectivity index (χ2n) is 2.59. The molecule has 0 radical (unpaired) electrons. The molecule has 1 heterocycles. The van der Waals surface area contributed by atoms with Gasteiger partial charge in [-0.05, 0) is 13.2 Å². The van der Waals surface area contributed by atoms with Crippen molar-refractivity contribution in [2.24, 2.45) is 0 Å². The number of nitrogens with one attached hydrogen (secondary N) is 1. The summed E-state index contributed by atoms with van der Waals surface area (Å²) in [5.74, 6) is 0.689. The third-order valence-electron chi connectivity index (χ3n) is 1.66. The number of nitrogens with zero attached hydrogens (tertiary/aromatic N) is 2. The molecule has 0 aliphatic rings. The lowest BCUT2D eigenvalue weighted by Crippen LogP contribution is -2.03. The van der Waals surface area contributed by atoms with E-state index in [0.717, 1.165) is 5.56 Å². The average molecular weight is 199 g/mol. The fraction of sp³-hybridized carbons (Fsp3) is 0.500. The Bertz CT molecular complexity index is 291. The molecule has 0 saturated heterocycles. The highest BCUT2D eigenvalue weighted by atomic mass is 32.2. The van der Waals surface area contributed by atoms with E-state index in [1.54, 1.807) is 20.2 Å². The smallest absolute Gasteiger partial charge is 0.189 e. The average Bonchev–Trinajstić information content (AvgIpc) is 2.16. The van der Waals surface area contributed by atoms with Crippen LogP contribution in [-0.2, 0) is 0 Å². The summed E-state index contributed by atoms with van der Waals surface area (Å²) >= 11 is 1.47. The first-order valence-corrected chi connectivity index (χ1v) is 5.18. The van der Waals surface area contributed by atoms with Crippen LogP contribution < -0.4 is 5.32 Å². The first-order valence-electron chi connectivity index (χ1n) is 3.95. The summed E-state index contributed by atoms with van der Waals surface area (Å²) in [4.78, 5) is 8.29. The molecule has 1 unspecified atom stereocenters. The zero-order valence-electron chi connectivity index (χ0n) is 7.90. The van der Waals surface area contributed by atoms with Gasteiger partial charge in [-0.25, -0.2) is 9.97 Å². The van der Waals surface area contributed by atoms with Crippen LogP contribution in [0.15, 0.2) is 11.4 Å². The highest BCUT2D eigenvalue weighted by molar-refractivity contribution is 7.98. The number of anilines is 1. The van der Waals surface area contributed by atoms with Crippen LogP contribution in [-0.4, -0.2) is 28.4 Å². The first kappa shape index (κ1) is 10.3. The molecule has 0 bridgehead atoms. The SMILES string of the molecule is CNc1nc(SC)ncc1C(C)O. The molecule has 2 N–H and O–H groups in total. The maximum atomic E-state index is 9.37. The summed E-state index contributed by atoms with van der Waals surface area (Å²) in [5.41, 5.74) is 0.723. The van der Waals surface area contributed by atoms with Gasteiger partial charge in [-0.1, -0.05) is 11.8 Å². The molecule has 1 rings (SSSR count). The van der Waals surface area contributed by atoms with Crippen LogP contribution in [0.5, 0.6) is 0 Å². The monoisotopic (exact) mass is 199 g/mol. The zero-order valence-corrected chi connectivity index (χ0v) is 8.72. The van der Waals surface area contributed by atoms with Crippen LogP contribution in [0.25, 0.3) is 0 Å². The summed E-state index contributed by atoms with van der Waals surface area (Å²) in [6.07, 6.45) is 3.02. The Morgan fingerprint density at radius 3 is 2.77 bits per heavy atom. The Balaban J connectivity index is 3.08. The van der Waals surface area contributed by atoms with Crippen molar-refractivity contribution in [3.8, 4) is 0 Å². The number of aliphatic hydroxyl groups excluding tert-OH is 1. The van der Waals surface area contributed by atoms with Crippen LogP contribution in [0.3, 0.4) is 0 Å². The van der Waals surface area contributed by atoms with Gasteiger partial charge in [-0.3, -0.25) is 0 Å². The summed E-state index contributed by atoms with van der Waals surface area (Å²) in [6, 6.07) is 0. The number of hydrogen-bond donors (Lipinski definition) is 2. The minimum absolute atomic E-state index is 0.543. The van der Waals surface area contributed by atoms with E-state index >= 15 is 0 Å². The topological polar surface area (TPSA) is 58.0 Å². The van der Waals surface area contributed by atoms with E-state index in [1.807, 2.05) is 6.26 Å². The van der Waals surface area contributed by atoms with Gasteiger partial charge in [0.2, 0.25) is 0 Å². The number of thioether (sulfide) groups is 1. The van der Waals surface area contributed by atoms with Crippen molar-refractivity contribution >= 4 is 17.6 Å². The molecule has 1 aromatic heterocycles. The van der Waals surface area contributed by atoms with Gasteiger partial charge < -0.3 is 10.4 Å². The van der Waals surface area contributed by atoms with E-state index in [4.69, 9.17) is 0 Å². The molecule has 4 nitrogen and oxygen atoms in total. The normalized spacial score (nSPS) is 12.6. The molecule has 0 spiro atoms. The second-order valence-corrected chi connectivity index (χ2v) is 3.36. The molecule has 1 atom stereocenters. The maximum Gasteiger partial charge on any atom is 0.189 e. The van der Waals surface area contributed by atoms with Crippen molar-refractivity contribution in [2.75, 3.05) is 18.6 Å². The fourth-order valence-corrected chi connectivity index (χ4v) is 1.32. The predicted molar refractivity (Wildman–Crippen MR) is 54.0 cm³/mol. The lowest BCUT2D eigenvalue weighted by molar-refractivity contribution is 0.199. The number of aliphatic hydroxyl groups is 1. The van der Waals surface area contributed by atoms with Crippen LogP contribution in [0.1, 0.15) is 18.6 Å². The molecule has 0 aromatic carbocycles. The minimum atomic E-state index is -0.543. The van der Waals surface area contributed by atoms with Crippen molar-refractivity contribution in [3.05, 3.63) is 11.8 Å². The lowest BCUT2D eigenvalue weighted by atomic mass is 10.2. The first-order chi connectivity index (χ1) is 6.19. The second kappa shape index (κ2) is 4.43. The molecule has 0 aliphatic carbocycles. The molecule has 0 aliphatic heterocycles. The van der Waals surface area contributed by atoms with E-state index in [2.05, 4.69) is 15.3 Å². The van der Waals surface area contributed by atoms with Gasteiger partial charge in [-0.2, -0.15) is 0 Å². The highest BCUT2D eigenvalue weighted by Crippen LogP contribution is 2.21. The zero-order chi connectivity index (χ0) is 9.84. The number of hydrogen-bond acceptors (Lipinski definition) is 5. The van der Waals surface area contributed by atoms with E-state index in [1.165, 1.54) is 11.8 Å². The minimum Gasteiger partial charge on any atom is -0.389 e. The third-order valence-corrected chi connectivity index (χ3v) is 2.23. The van der Waals surface area contributed by atoms with Gasteiger partial charge in [-0.15, -0.1) is 0 Å². The van der Waals surface area contributed by atoms with Gasteiger partial charge in [0.15, 0.2) is 5.16 Å². The Labute approximate surface area is 81.8 Å². The molecule has 72 valence electrons. The molecule has 0 saturated carbocycles. The molecule has 5 heteroatoms. The Morgan fingerprint density at radius 1 is 1.62 bits per heavy atom. The number of aromatic nitrogens is 2. The lowest BCUT2D eigenvalue weighted by Gasteiger charge is -2.10. The van der Waals surface area contributed by atoms with Crippen LogP contribution in [0, 0.1) is 0 Å². The Morgan fingerprint density at radius 2 is 2.31 bits per heavy atom. The third kappa shape index (κ3) is 2.32. The van der Waals surface area contributed by atoms with Crippen LogP contribution in [0.2, 0.25) is 0 Å². The molecular formula is C8H13N3OS. The van der Waals surface area contributed by atoms with Gasteiger partial charge in [0.1, 0.15) is 5.82 Å². The summed E-state index contributed by atoms with van der Waals surface area (Å²) in [6.45, 7) is 1.69. The van der Waals surface area contributed by atoms with Crippen LogP contribution >= 0.6 is 11.8 Å². The standard InChI is InChI=1S/C8H13N3OS/c1-5(12)6-4-10-8(13-3)11-7(6)9-2/h4-5,12H,1-3H3,(H,9,10,11). The van der Waals surface area contributed by atoms with Gasteiger partial charge in [0, 0.05) is 18.8 Å². The van der Waals surface area contributed by atoms with E-state index in [-0.39, 0.29) is 0 Å². The number of rotatable bonds is 3. The summed E-state index contributed by atoms with van der Waals surface area (Å²) < 4.78 is 0. The summed E-state index contributed by atoms with van der Waals surface area (Å²) in [5, 5.41) is 13.0. The van der Waals surface area contributed by atoms with Gasteiger partial charge in [0.25, 0.3) is 0 Å². The molecular weight excluding hydrogens is 186 g/mol. The largest absolute Gasteiger partial charge is 0.389 e.